The molecule has 0 saturated heterocycles. The van der Waals surface area contributed by atoms with E-state index in [0.29, 0.717) is 11.6 Å². The predicted octanol–water partition coefficient (Wildman–Crippen LogP) is 1.34. The maximum atomic E-state index is 5.52. The van der Waals surface area contributed by atoms with Gasteiger partial charge in [0, 0.05) is 24.0 Å². The summed E-state index contributed by atoms with van der Waals surface area (Å²) in [4.78, 5) is 9.00. The van der Waals surface area contributed by atoms with Gasteiger partial charge in [-0.05, 0) is 20.3 Å². The van der Waals surface area contributed by atoms with Gasteiger partial charge in [0.15, 0.2) is 5.82 Å². The highest BCUT2D eigenvalue weighted by Crippen LogP contribution is 2.24. The van der Waals surface area contributed by atoms with E-state index >= 15 is 0 Å². The van der Waals surface area contributed by atoms with Gasteiger partial charge >= 0.3 is 0 Å². The van der Waals surface area contributed by atoms with Crippen LogP contribution in [-0.4, -0.2) is 19.7 Å². The summed E-state index contributed by atoms with van der Waals surface area (Å²) in [5.41, 5.74) is 6.59. The number of nitrogen functional groups attached to an aromatic ring is 1. The molecule has 0 aromatic carbocycles. The summed E-state index contributed by atoms with van der Waals surface area (Å²) in [5.74, 6) is 6.86. The third-order valence-electron chi connectivity index (χ3n) is 3.18. The molecule has 0 aliphatic rings. The molecule has 3 N–H and O–H groups in total. The second-order valence-electron chi connectivity index (χ2n) is 4.22. The topological polar surface area (TPSA) is 81.7 Å². The molecule has 0 aliphatic carbocycles. The van der Waals surface area contributed by atoms with Gasteiger partial charge < -0.3 is 5.43 Å². The van der Waals surface area contributed by atoms with E-state index in [-0.39, 0.29) is 0 Å². The Bertz CT molecular complexity index is 572. The van der Waals surface area contributed by atoms with E-state index in [1.54, 1.807) is 10.9 Å². The average Bonchev–Trinajstić information content (AvgIpc) is 2.69. The molecule has 96 valence electrons. The van der Waals surface area contributed by atoms with Crippen LogP contribution in [0.2, 0.25) is 0 Å². The van der Waals surface area contributed by atoms with E-state index < -0.39 is 0 Å². The van der Waals surface area contributed by atoms with Crippen LogP contribution in [0.4, 0.5) is 5.82 Å². The lowest BCUT2D eigenvalue weighted by Crippen LogP contribution is -2.13. The van der Waals surface area contributed by atoms with Gasteiger partial charge in [0.1, 0.15) is 5.82 Å². The highest BCUT2D eigenvalue weighted by Gasteiger charge is 2.14. The van der Waals surface area contributed by atoms with Crippen molar-refractivity contribution in [3.05, 3.63) is 23.1 Å². The Hall–Kier alpha value is -1.95. The molecule has 0 aliphatic heterocycles. The fraction of sp³-hybridized carbons (Fsp3) is 0.417. The van der Waals surface area contributed by atoms with Crippen molar-refractivity contribution in [2.75, 3.05) is 5.43 Å². The summed E-state index contributed by atoms with van der Waals surface area (Å²) in [5, 5.41) is 4.21. The first-order valence-corrected chi connectivity index (χ1v) is 5.91. The van der Waals surface area contributed by atoms with Crippen LogP contribution < -0.4 is 11.3 Å². The van der Waals surface area contributed by atoms with Crippen molar-refractivity contribution >= 4 is 5.82 Å². The normalized spacial score (nSPS) is 10.7. The summed E-state index contributed by atoms with van der Waals surface area (Å²) < 4.78 is 1.80. The molecular formula is C12H18N6. The van der Waals surface area contributed by atoms with Crippen molar-refractivity contribution in [1.82, 2.24) is 19.7 Å². The number of anilines is 1. The molecule has 6 nitrogen and oxygen atoms in total. The number of aromatic nitrogens is 4. The first kappa shape index (κ1) is 12.5. The number of hydrazine groups is 1. The van der Waals surface area contributed by atoms with Crippen LogP contribution in [-0.2, 0) is 13.5 Å². The molecule has 0 bridgehead atoms. The number of nitrogens with zero attached hydrogens (tertiary/aromatic N) is 4. The van der Waals surface area contributed by atoms with Gasteiger partial charge in [-0.3, -0.25) is 4.68 Å². The van der Waals surface area contributed by atoms with Gasteiger partial charge in [-0.1, -0.05) is 6.92 Å². The van der Waals surface area contributed by atoms with Gasteiger partial charge in [0.05, 0.1) is 11.8 Å². The van der Waals surface area contributed by atoms with Crippen LogP contribution in [0.25, 0.3) is 11.4 Å². The number of rotatable bonds is 3. The Balaban J connectivity index is 2.59. The lowest BCUT2D eigenvalue weighted by Gasteiger charge is -2.11. The van der Waals surface area contributed by atoms with Gasteiger partial charge in [-0.2, -0.15) is 5.10 Å². The lowest BCUT2D eigenvalue weighted by molar-refractivity contribution is 0.740. The maximum Gasteiger partial charge on any atom is 0.165 e. The second kappa shape index (κ2) is 4.73. The van der Waals surface area contributed by atoms with Crippen LogP contribution in [0.15, 0.2) is 6.20 Å². The van der Waals surface area contributed by atoms with E-state index in [0.717, 1.165) is 28.9 Å². The van der Waals surface area contributed by atoms with Crippen LogP contribution in [0, 0.1) is 13.8 Å². The van der Waals surface area contributed by atoms with Gasteiger partial charge in [-0.15, -0.1) is 0 Å². The molecule has 2 rings (SSSR count). The highest BCUT2D eigenvalue weighted by atomic mass is 15.3. The van der Waals surface area contributed by atoms with E-state index in [1.165, 1.54) is 0 Å². The number of hydrogen-bond donors (Lipinski definition) is 2. The van der Waals surface area contributed by atoms with Crippen LogP contribution in [0.5, 0.6) is 0 Å². The maximum absolute atomic E-state index is 5.52. The van der Waals surface area contributed by atoms with Gasteiger partial charge in [0.2, 0.25) is 0 Å². The molecule has 0 spiro atoms. The minimum atomic E-state index is 0.656. The number of nitrogens with one attached hydrogen (secondary N) is 1. The molecule has 0 amide bonds. The molecule has 0 saturated carbocycles. The Morgan fingerprint density at radius 1 is 1.33 bits per heavy atom. The Labute approximate surface area is 106 Å². The van der Waals surface area contributed by atoms with Crippen molar-refractivity contribution in [2.24, 2.45) is 12.9 Å². The fourth-order valence-electron chi connectivity index (χ4n) is 1.98. The summed E-state index contributed by atoms with van der Waals surface area (Å²) in [7, 11) is 1.90. The predicted molar refractivity (Wildman–Crippen MR) is 70.9 cm³/mol. The van der Waals surface area contributed by atoms with E-state index in [2.05, 4.69) is 27.4 Å². The molecule has 2 heterocycles. The standard InChI is InChI=1S/C12H18N6/c1-5-9-7(2)15-11(16-12(9)17-13)10-6-14-18(4)8(10)3/h6H,5,13H2,1-4H3,(H,15,16,17). The van der Waals surface area contributed by atoms with E-state index in [1.807, 2.05) is 20.9 Å². The Kier molecular flexibility index (Phi) is 3.29. The smallest absolute Gasteiger partial charge is 0.165 e. The number of aryl methyl sites for hydroxylation is 2. The zero-order chi connectivity index (χ0) is 13.3. The third-order valence-corrected chi connectivity index (χ3v) is 3.18. The SMILES string of the molecule is CCc1c(C)nc(-c2cnn(C)c2C)nc1NN. The van der Waals surface area contributed by atoms with Crippen LogP contribution in [0.1, 0.15) is 23.9 Å². The molecule has 18 heavy (non-hydrogen) atoms. The number of nitrogens with two attached hydrogens (primary N) is 1. The van der Waals surface area contributed by atoms with E-state index in [4.69, 9.17) is 5.84 Å². The monoisotopic (exact) mass is 246 g/mol. The van der Waals surface area contributed by atoms with Gasteiger partial charge in [-0.25, -0.2) is 15.8 Å². The third kappa shape index (κ3) is 1.95. The van der Waals surface area contributed by atoms with Crippen LogP contribution in [0.3, 0.4) is 0 Å². The Morgan fingerprint density at radius 2 is 2.06 bits per heavy atom. The molecular weight excluding hydrogens is 228 g/mol. The Morgan fingerprint density at radius 3 is 2.56 bits per heavy atom. The summed E-state index contributed by atoms with van der Waals surface area (Å²) in [6, 6.07) is 0. The van der Waals surface area contributed by atoms with Crippen molar-refractivity contribution < 1.29 is 0 Å². The fourth-order valence-corrected chi connectivity index (χ4v) is 1.98. The highest BCUT2D eigenvalue weighted by molar-refractivity contribution is 5.61. The largest absolute Gasteiger partial charge is 0.308 e. The lowest BCUT2D eigenvalue weighted by atomic mass is 10.1. The number of hydrogen-bond acceptors (Lipinski definition) is 5. The molecule has 2 aromatic rings. The molecule has 6 heteroatoms. The summed E-state index contributed by atoms with van der Waals surface area (Å²) in [6.45, 7) is 6.02. The summed E-state index contributed by atoms with van der Waals surface area (Å²) >= 11 is 0. The van der Waals surface area contributed by atoms with Crippen molar-refractivity contribution in [3.63, 3.8) is 0 Å². The summed E-state index contributed by atoms with van der Waals surface area (Å²) in [6.07, 6.45) is 2.62. The van der Waals surface area contributed by atoms with Gasteiger partial charge in [0.25, 0.3) is 0 Å². The van der Waals surface area contributed by atoms with Crippen molar-refractivity contribution in [1.29, 1.82) is 0 Å². The molecule has 0 radical (unpaired) electrons. The first-order valence-electron chi connectivity index (χ1n) is 5.91. The second-order valence-corrected chi connectivity index (χ2v) is 4.22. The quantitative estimate of drug-likeness (QED) is 0.631. The molecule has 0 fully saturated rings. The zero-order valence-electron chi connectivity index (χ0n) is 11.2. The zero-order valence-corrected chi connectivity index (χ0v) is 11.2. The molecule has 0 atom stereocenters. The average molecular weight is 246 g/mol. The first-order chi connectivity index (χ1) is 8.58. The molecule has 0 unspecified atom stereocenters. The minimum absolute atomic E-state index is 0.656. The van der Waals surface area contributed by atoms with Crippen molar-refractivity contribution in [2.45, 2.75) is 27.2 Å². The van der Waals surface area contributed by atoms with Crippen LogP contribution >= 0.6 is 0 Å². The van der Waals surface area contributed by atoms with Crippen molar-refractivity contribution in [3.8, 4) is 11.4 Å². The minimum Gasteiger partial charge on any atom is -0.308 e. The van der Waals surface area contributed by atoms with E-state index in [9.17, 15) is 0 Å². The molecule has 2 aromatic heterocycles.